The standard InChI is InChI=1S/C30H60N2O4/c1-28(30(34)32-25-21-27-36-3)22-18-16-14-12-10-8-6-4-5-7-9-11-13-15-17-19-23-29(33)31-24-20-26-35-2/h28H,4-27H2,1-3H3,(H,31,33)(H,32,34). The molecule has 0 radical (unpaired) electrons. The molecule has 0 aliphatic rings. The fourth-order valence-corrected chi connectivity index (χ4v) is 4.48. The Balaban J connectivity index is 3.23. The fourth-order valence-electron chi connectivity index (χ4n) is 4.48. The molecule has 2 N–H and O–H groups in total. The van der Waals surface area contributed by atoms with E-state index in [1.807, 2.05) is 6.92 Å². The number of unbranched alkanes of at least 4 members (excludes halogenated alkanes) is 15. The molecular weight excluding hydrogens is 452 g/mol. The lowest BCUT2D eigenvalue weighted by molar-refractivity contribution is -0.124. The summed E-state index contributed by atoms with van der Waals surface area (Å²) in [5, 5.41) is 5.95. The normalized spacial score (nSPS) is 12.0. The van der Waals surface area contributed by atoms with Crippen molar-refractivity contribution in [1.82, 2.24) is 10.6 Å². The summed E-state index contributed by atoms with van der Waals surface area (Å²) in [5.74, 6) is 0.506. The van der Waals surface area contributed by atoms with Crippen molar-refractivity contribution in [3.05, 3.63) is 0 Å². The molecule has 6 heteroatoms. The van der Waals surface area contributed by atoms with E-state index in [4.69, 9.17) is 9.47 Å². The van der Waals surface area contributed by atoms with Gasteiger partial charge in [-0.1, -0.05) is 103 Å². The predicted octanol–water partition coefficient (Wildman–Crippen LogP) is 6.95. The lowest BCUT2D eigenvalue weighted by Gasteiger charge is -2.12. The fraction of sp³-hybridized carbons (Fsp3) is 0.933. The molecule has 0 rings (SSSR count). The molecule has 0 aliphatic heterocycles. The second-order valence-corrected chi connectivity index (χ2v) is 10.4. The summed E-state index contributed by atoms with van der Waals surface area (Å²) in [6, 6.07) is 0. The molecule has 0 saturated carbocycles. The van der Waals surface area contributed by atoms with Crippen LogP contribution in [0.4, 0.5) is 0 Å². The Bertz CT molecular complexity index is 488. The first kappa shape index (κ1) is 34.9. The van der Waals surface area contributed by atoms with Crippen molar-refractivity contribution in [2.75, 3.05) is 40.5 Å². The van der Waals surface area contributed by atoms with Crippen LogP contribution in [-0.4, -0.2) is 52.3 Å². The highest BCUT2D eigenvalue weighted by Gasteiger charge is 2.11. The van der Waals surface area contributed by atoms with E-state index in [2.05, 4.69) is 10.6 Å². The quantitative estimate of drug-likeness (QED) is 0.111. The van der Waals surface area contributed by atoms with Crippen LogP contribution in [0.15, 0.2) is 0 Å². The van der Waals surface area contributed by atoms with E-state index in [1.54, 1.807) is 14.2 Å². The summed E-state index contributed by atoms with van der Waals surface area (Å²) in [6.45, 7) is 4.90. The molecule has 0 aliphatic carbocycles. The third-order valence-electron chi connectivity index (χ3n) is 6.91. The lowest BCUT2D eigenvalue weighted by Crippen LogP contribution is -2.30. The van der Waals surface area contributed by atoms with E-state index >= 15 is 0 Å². The number of carbonyl (C=O) groups is 2. The molecule has 0 spiro atoms. The van der Waals surface area contributed by atoms with Gasteiger partial charge >= 0.3 is 0 Å². The van der Waals surface area contributed by atoms with Crippen LogP contribution in [0.1, 0.15) is 135 Å². The van der Waals surface area contributed by atoms with Crippen molar-refractivity contribution in [1.29, 1.82) is 0 Å². The molecule has 0 aromatic rings. The number of carbonyl (C=O) groups excluding carboxylic acids is 2. The summed E-state index contributed by atoms with van der Waals surface area (Å²) < 4.78 is 9.99. The van der Waals surface area contributed by atoms with Crippen molar-refractivity contribution in [2.24, 2.45) is 5.92 Å². The number of hydrogen-bond acceptors (Lipinski definition) is 4. The van der Waals surface area contributed by atoms with Gasteiger partial charge < -0.3 is 20.1 Å². The summed E-state index contributed by atoms with van der Waals surface area (Å²) in [4.78, 5) is 23.7. The molecule has 0 heterocycles. The average Bonchev–Trinajstić information content (AvgIpc) is 2.88. The van der Waals surface area contributed by atoms with Gasteiger partial charge in [0.2, 0.25) is 11.8 Å². The molecule has 0 aromatic carbocycles. The minimum Gasteiger partial charge on any atom is -0.385 e. The Morgan fingerprint density at radius 3 is 1.39 bits per heavy atom. The van der Waals surface area contributed by atoms with Crippen molar-refractivity contribution in [2.45, 2.75) is 135 Å². The first-order valence-corrected chi connectivity index (χ1v) is 15.1. The molecular formula is C30H60N2O4. The maximum Gasteiger partial charge on any atom is 0.222 e. The predicted molar refractivity (Wildman–Crippen MR) is 151 cm³/mol. The van der Waals surface area contributed by atoms with Gasteiger partial charge in [0.15, 0.2) is 0 Å². The van der Waals surface area contributed by atoms with Gasteiger partial charge in [-0.2, -0.15) is 0 Å². The average molecular weight is 513 g/mol. The zero-order chi connectivity index (χ0) is 26.5. The maximum atomic E-state index is 12.0. The Hall–Kier alpha value is -1.14. The van der Waals surface area contributed by atoms with E-state index in [1.165, 1.54) is 89.9 Å². The topological polar surface area (TPSA) is 76.7 Å². The number of rotatable bonds is 28. The molecule has 0 aromatic heterocycles. The Morgan fingerprint density at radius 1 is 0.556 bits per heavy atom. The minimum absolute atomic E-state index is 0.127. The number of amides is 2. The third-order valence-corrected chi connectivity index (χ3v) is 6.91. The van der Waals surface area contributed by atoms with Crippen LogP contribution in [0.5, 0.6) is 0 Å². The van der Waals surface area contributed by atoms with E-state index in [9.17, 15) is 9.59 Å². The molecule has 214 valence electrons. The lowest BCUT2D eigenvalue weighted by atomic mass is 10.0. The van der Waals surface area contributed by atoms with E-state index in [-0.39, 0.29) is 17.7 Å². The van der Waals surface area contributed by atoms with Gasteiger partial charge in [0.1, 0.15) is 0 Å². The first-order valence-electron chi connectivity index (χ1n) is 15.1. The van der Waals surface area contributed by atoms with Crippen LogP contribution in [0.3, 0.4) is 0 Å². The molecule has 0 bridgehead atoms. The largest absolute Gasteiger partial charge is 0.385 e. The molecule has 2 amide bonds. The summed E-state index contributed by atoms with van der Waals surface area (Å²) in [6.07, 6.45) is 24.3. The highest BCUT2D eigenvalue weighted by atomic mass is 16.5. The van der Waals surface area contributed by atoms with Crippen molar-refractivity contribution >= 4 is 11.8 Å². The van der Waals surface area contributed by atoms with Crippen LogP contribution in [0.25, 0.3) is 0 Å². The van der Waals surface area contributed by atoms with Gasteiger partial charge in [-0.25, -0.2) is 0 Å². The molecule has 1 atom stereocenters. The van der Waals surface area contributed by atoms with E-state index < -0.39 is 0 Å². The zero-order valence-electron chi connectivity index (χ0n) is 24.2. The third kappa shape index (κ3) is 25.9. The summed E-state index contributed by atoms with van der Waals surface area (Å²) in [7, 11) is 3.38. The second kappa shape index (κ2) is 28.4. The SMILES string of the molecule is COCCCNC(=O)CCCCCCCCCCCCCCCCCCC(C)C(=O)NCCCOC. The van der Waals surface area contributed by atoms with Crippen LogP contribution in [-0.2, 0) is 19.1 Å². The van der Waals surface area contributed by atoms with Crippen molar-refractivity contribution < 1.29 is 19.1 Å². The van der Waals surface area contributed by atoms with Crippen LogP contribution in [0, 0.1) is 5.92 Å². The van der Waals surface area contributed by atoms with Gasteiger partial charge in [0.25, 0.3) is 0 Å². The highest BCUT2D eigenvalue weighted by molar-refractivity contribution is 5.78. The van der Waals surface area contributed by atoms with Crippen molar-refractivity contribution in [3.8, 4) is 0 Å². The number of nitrogens with one attached hydrogen (secondary N) is 2. The number of hydrogen-bond donors (Lipinski definition) is 2. The van der Waals surface area contributed by atoms with Crippen LogP contribution in [0.2, 0.25) is 0 Å². The van der Waals surface area contributed by atoms with Crippen LogP contribution < -0.4 is 10.6 Å². The maximum absolute atomic E-state index is 12.0. The summed E-state index contributed by atoms with van der Waals surface area (Å²) >= 11 is 0. The van der Waals surface area contributed by atoms with Gasteiger partial charge in [-0.05, 0) is 25.7 Å². The van der Waals surface area contributed by atoms with Gasteiger partial charge in [-0.3, -0.25) is 9.59 Å². The second-order valence-electron chi connectivity index (χ2n) is 10.4. The first-order chi connectivity index (χ1) is 17.6. The van der Waals surface area contributed by atoms with Crippen LogP contribution >= 0.6 is 0 Å². The number of methoxy groups -OCH3 is 2. The van der Waals surface area contributed by atoms with Gasteiger partial charge in [0, 0.05) is 52.9 Å². The smallest absolute Gasteiger partial charge is 0.222 e. The Kier molecular flexibility index (Phi) is 27.5. The summed E-state index contributed by atoms with van der Waals surface area (Å²) in [5.41, 5.74) is 0. The van der Waals surface area contributed by atoms with Gasteiger partial charge in [-0.15, -0.1) is 0 Å². The Morgan fingerprint density at radius 2 is 0.944 bits per heavy atom. The zero-order valence-corrected chi connectivity index (χ0v) is 24.2. The Labute approximate surface area is 223 Å². The van der Waals surface area contributed by atoms with E-state index in [0.717, 1.165) is 45.2 Å². The monoisotopic (exact) mass is 512 g/mol. The molecule has 1 unspecified atom stereocenters. The minimum atomic E-state index is 0.127. The molecule has 36 heavy (non-hydrogen) atoms. The molecule has 6 nitrogen and oxygen atoms in total. The molecule has 0 fully saturated rings. The highest BCUT2D eigenvalue weighted by Crippen LogP contribution is 2.15. The number of ether oxygens (including phenoxy) is 2. The van der Waals surface area contributed by atoms with Crippen molar-refractivity contribution in [3.63, 3.8) is 0 Å². The van der Waals surface area contributed by atoms with E-state index in [0.29, 0.717) is 19.6 Å². The molecule has 0 saturated heterocycles. The van der Waals surface area contributed by atoms with Gasteiger partial charge in [0.05, 0.1) is 0 Å².